The molecule has 0 aliphatic carbocycles. The fraction of sp³-hybridized carbons (Fsp3) is 0.167. The smallest absolute Gasteiger partial charge is 0.433 e. The first-order chi connectivity index (χ1) is 9.79. The molecule has 0 amide bonds. The normalized spacial score (nSPS) is 11.3. The van der Waals surface area contributed by atoms with Crippen LogP contribution in [0.5, 0.6) is 11.6 Å². The lowest BCUT2D eigenvalue weighted by Gasteiger charge is -2.11. The highest BCUT2D eigenvalue weighted by atomic mass is 19.4. The van der Waals surface area contributed by atoms with Crippen molar-refractivity contribution < 1.29 is 26.7 Å². The van der Waals surface area contributed by atoms with Crippen LogP contribution in [0.2, 0.25) is 0 Å². The van der Waals surface area contributed by atoms with Gasteiger partial charge < -0.3 is 10.1 Å². The average molecular weight is 305 g/mol. The van der Waals surface area contributed by atoms with Crippen LogP contribution in [-0.4, -0.2) is 17.0 Å². The van der Waals surface area contributed by atoms with Crippen molar-refractivity contribution in [2.24, 2.45) is 0 Å². The molecule has 1 aromatic carbocycles. The van der Waals surface area contributed by atoms with Gasteiger partial charge in [-0.2, -0.15) is 18.2 Å². The Morgan fingerprint density at radius 3 is 2.33 bits per heavy atom. The van der Waals surface area contributed by atoms with Crippen molar-refractivity contribution >= 4 is 5.95 Å². The van der Waals surface area contributed by atoms with Gasteiger partial charge in [-0.25, -0.2) is 13.8 Å². The van der Waals surface area contributed by atoms with Crippen LogP contribution in [0.3, 0.4) is 0 Å². The maximum atomic E-state index is 13.0. The molecule has 9 heteroatoms. The molecule has 0 radical (unpaired) electrons. The second kappa shape index (κ2) is 5.51. The van der Waals surface area contributed by atoms with Crippen molar-refractivity contribution in [3.05, 3.63) is 41.6 Å². The number of nitrogens with one attached hydrogen (secondary N) is 1. The van der Waals surface area contributed by atoms with Crippen LogP contribution in [0.4, 0.5) is 27.9 Å². The lowest BCUT2D eigenvalue weighted by Crippen LogP contribution is -2.11. The lowest BCUT2D eigenvalue weighted by atomic mass is 10.3. The molecular formula is C12H8F5N3O. The molecule has 2 rings (SSSR count). The molecule has 0 bridgehead atoms. The van der Waals surface area contributed by atoms with Gasteiger partial charge in [0, 0.05) is 19.2 Å². The molecule has 0 atom stereocenters. The Balaban J connectivity index is 2.36. The van der Waals surface area contributed by atoms with Gasteiger partial charge in [0.1, 0.15) is 5.75 Å². The molecule has 4 nitrogen and oxygen atoms in total. The van der Waals surface area contributed by atoms with Gasteiger partial charge >= 0.3 is 6.18 Å². The van der Waals surface area contributed by atoms with Crippen molar-refractivity contribution in [2.45, 2.75) is 6.18 Å². The zero-order valence-electron chi connectivity index (χ0n) is 10.5. The molecule has 0 aliphatic heterocycles. The number of alkyl halides is 3. The fourth-order valence-corrected chi connectivity index (χ4v) is 1.40. The predicted octanol–water partition coefficient (Wildman–Crippen LogP) is 3.61. The van der Waals surface area contributed by atoms with Crippen LogP contribution >= 0.6 is 0 Å². The minimum Gasteiger partial charge on any atom is -0.439 e. The first-order valence-electron chi connectivity index (χ1n) is 5.56. The third kappa shape index (κ3) is 3.56. The summed E-state index contributed by atoms with van der Waals surface area (Å²) < 4.78 is 68.7. The summed E-state index contributed by atoms with van der Waals surface area (Å²) in [6.07, 6.45) is -4.69. The summed E-state index contributed by atoms with van der Waals surface area (Å²) in [4.78, 5) is 6.89. The number of rotatable bonds is 3. The van der Waals surface area contributed by atoms with Crippen LogP contribution in [0.1, 0.15) is 5.69 Å². The van der Waals surface area contributed by atoms with E-state index in [9.17, 15) is 22.0 Å². The first-order valence-corrected chi connectivity index (χ1v) is 5.56. The number of ether oxygens (including phenoxy) is 1. The maximum Gasteiger partial charge on any atom is 0.433 e. The first kappa shape index (κ1) is 14.9. The average Bonchev–Trinajstić information content (AvgIpc) is 2.41. The Hall–Kier alpha value is -2.45. The zero-order chi connectivity index (χ0) is 15.6. The molecule has 112 valence electrons. The monoisotopic (exact) mass is 305 g/mol. The van der Waals surface area contributed by atoms with E-state index in [-0.39, 0.29) is 11.7 Å². The van der Waals surface area contributed by atoms with Crippen molar-refractivity contribution in [3.63, 3.8) is 0 Å². The van der Waals surface area contributed by atoms with E-state index < -0.39 is 29.4 Å². The van der Waals surface area contributed by atoms with E-state index in [1.165, 1.54) is 7.05 Å². The summed E-state index contributed by atoms with van der Waals surface area (Å²) in [7, 11) is 1.33. The van der Waals surface area contributed by atoms with E-state index in [0.717, 1.165) is 12.1 Å². The minimum atomic E-state index is -4.69. The molecule has 0 fully saturated rings. The van der Waals surface area contributed by atoms with Gasteiger partial charge in [-0.05, 0) is 12.1 Å². The Kier molecular flexibility index (Phi) is 3.92. The van der Waals surface area contributed by atoms with Crippen LogP contribution in [-0.2, 0) is 6.18 Å². The number of benzene rings is 1. The summed E-state index contributed by atoms with van der Waals surface area (Å²) in [6, 6.07) is 3.11. The van der Waals surface area contributed by atoms with Gasteiger partial charge in [-0.1, -0.05) is 0 Å². The van der Waals surface area contributed by atoms with Gasteiger partial charge in [0.05, 0.1) is 0 Å². The van der Waals surface area contributed by atoms with E-state index in [2.05, 4.69) is 15.3 Å². The molecule has 2 aromatic rings. The molecule has 21 heavy (non-hydrogen) atoms. The third-order valence-corrected chi connectivity index (χ3v) is 2.33. The van der Waals surface area contributed by atoms with Crippen molar-refractivity contribution in [3.8, 4) is 11.6 Å². The van der Waals surface area contributed by atoms with Gasteiger partial charge in [0.15, 0.2) is 17.3 Å². The van der Waals surface area contributed by atoms with E-state index in [1.807, 2.05) is 0 Å². The topological polar surface area (TPSA) is 47.0 Å². The highest BCUT2D eigenvalue weighted by Crippen LogP contribution is 2.31. The Morgan fingerprint density at radius 1 is 1.05 bits per heavy atom. The maximum absolute atomic E-state index is 13.0. The summed E-state index contributed by atoms with van der Waals surface area (Å²) in [5.74, 6) is -3.25. The van der Waals surface area contributed by atoms with Crippen LogP contribution in [0, 0.1) is 11.6 Å². The van der Waals surface area contributed by atoms with Crippen molar-refractivity contribution in [2.75, 3.05) is 12.4 Å². The molecule has 1 aromatic heterocycles. The van der Waals surface area contributed by atoms with E-state index >= 15 is 0 Å². The summed E-state index contributed by atoms with van der Waals surface area (Å²) in [6.45, 7) is 0. The molecule has 1 N–H and O–H groups in total. The Bertz CT molecular complexity index is 660. The van der Waals surface area contributed by atoms with Gasteiger partial charge in [0.25, 0.3) is 0 Å². The van der Waals surface area contributed by atoms with E-state index in [1.54, 1.807) is 0 Å². The van der Waals surface area contributed by atoms with Crippen molar-refractivity contribution in [1.29, 1.82) is 0 Å². The highest BCUT2D eigenvalue weighted by Gasteiger charge is 2.34. The highest BCUT2D eigenvalue weighted by molar-refractivity contribution is 5.34. The van der Waals surface area contributed by atoms with Crippen LogP contribution < -0.4 is 10.1 Å². The summed E-state index contributed by atoms with van der Waals surface area (Å²) >= 11 is 0. The lowest BCUT2D eigenvalue weighted by molar-refractivity contribution is -0.141. The summed E-state index contributed by atoms with van der Waals surface area (Å²) in [5.41, 5.74) is -1.22. The SMILES string of the molecule is CNc1nc(Oc2ccc(F)c(F)c2)cc(C(F)(F)F)n1. The number of hydrogen-bond donors (Lipinski definition) is 1. The number of anilines is 1. The van der Waals surface area contributed by atoms with Gasteiger partial charge in [-0.15, -0.1) is 0 Å². The molecule has 0 saturated carbocycles. The quantitative estimate of drug-likeness (QED) is 0.880. The zero-order valence-corrected chi connectivity index (χ0v) is 10.5. The van der Waals surface area contributed by atoms with E-state index in [0.29, 0.717) is 12.1 Å². The van der Waals surface area contributed by atoms with Crippen LogP contribution in [0.25, 0.3) is 0 Å². The standard InChI is InChI=1S/C12H8F5N3O/c1-18-11-19-9(12(15,16)17)5-10(20-11)21-6-2-3-7(13)8(14)4-6/h2-5H,1H3,(H,18,19,20). The number of halogens is 5. The van der Waals surface area contributed by atoms with Gasteiger partial charge in [0.2, 0.25) is 11.8 Å². The van der Waals surface area contributed by atoms with Crippen molar-refractivity contribution in [1.82, 2.24) is 9.97 Å². The van der Waals surface area contributed by atoms with Crippen LogP contribution in [0.15, 0.2) is 24.3 Å². The summed E-state index contributed by atoms with van der Waals surface area (Å²) in [5, 5.41) is 2.35. The fourth-order valence-electron chi connectivity index (χ4n) is 1.40. The third-order valence-electron chi connectivity index (χ3n) is 2.33. The molecule has 0 unspecified atom stereocenters. The second-order valence-corrected chi connectivity index (χ2v) is 3.84. The number of nitrogens with zero attached hydrogens (tertiary/aromatic N) is 2. The van der Waals surface area contributed by atoms with E-state index in [4.69, 9.17) is 4.74 Å². The molecular weight excluding hydrogens is 297 g/mol. The second-order valence-electron chi connectivity index (χ2n) is 3.84. The molecule has 1 heterocycles. The minimum absolute atomic E-state index is 0.192. The molecule has 0 aliphatic rings. The Morgan fingerprint density at radius 2 is 1.76 bits per heavy atom. The molecule has 0 spiro atoms. The van der Waals surface area contributed by atoms with Gasteiger partial charge in [-0.3, -0.25) is 0 Å². The number of hydrogen-bond acceptors (Lipinski definition) is 4. The largest absolute Gasteiger partial charge is 0.439 e. The predicted molar refractivity (Wildman–Crippen MR) is 63.0 cm³/mol. The molecule has 0 saturated heterocycles. The number of aromatic nitrogens is 2. The Labute approximate surface area is 115 Å².